The van der Waals surface area contributed by atoms with Crippen LogP contribution in [0.4, 0.5) is 9.80 Å². The largest absolute Gasteiger partial charge is 0.388 e. The van der Waals surface area contributed by atoms with Gasteiger partial charge in [0, 0.05) is 11.4 Å². The number of amides is 2. The van der Waals surface area contributed by atoms with E-state index in [0.29, 0.717) is 6.54 Å². The number of aryl methyl sites for hydroxylation is 1. The van der Waals surface area contributed by atoms with Crippen molar-refractivity contribution >= 4 is 22.4 Å². The first-order valence-electron chi connectivity index (χ1n) is 6.41. The van der Waals surface area contributed by atoms with Gasteiger partial charge in [0.1, 0.15) is 0 Å². The van der Waals surface area contributed by atoms with Gasteiger partial charge < -0.3 is 10.4 Å². The average Bonchev–Trinajstić information content (AvgIpc) is 2.73. The maximum atomic E-state index is 11.7. The van der Waals surface area contributed by atoms with Crippen molar-refractivity contribution < 1.29 is 9.90 Å². The molecule has 1 aliphatic carbocycles. The molecule has 0 spiro atoms. The van der Waals surface area contributed by atoms with Crippen LogP contribution in [0.1, 0.15) is 37.0 Å². The molecule has 0 atom stereocenters. The standard InChI is InChI=1S/C13H20N2O2S/c1-10-5-6-11(18-10)15-12(16)14-9-13(17)7-3-2-4-8-13/h5-6,17H,2-4,7-9H2,1H3,(H2,14,15,16). The second-order valence-electron chi connectivity index (χ2n) is 5.00. The van der Waals surface area contributed by atoms with Crippen LogP contribution in [0.15, 0.2) is 12.1 Å². The molecular weight excluding hydrogens is 248 g/mol. The highest BCUT2D eigenvalue weighted by Crippen LogP contribution is 2.27. The number of carbonyl (C=O) groups is 1. The molecule has 1 aromatic heterocycles. The molecule has 3 N–H and O–H groups in total. The molecule has 1 fully saturated rings. The Morgan fingerprint density at radius 2 is 2.11 bits per heavy atom. The lowest BCUT2D eigenvalue weighted by Gasteiger charge is -2.32. The van der Waals surface area contributed by atoms with Gasteiger partial charge in [0.25, 0.3) is 0 Å². The van der Waals surface area contributed by atoms with Crippen LogP contribution in [0.2, 0.25) is 0 Å². The Hall–Kier alpha value is -1.07. The van der Waals surface area contributed by atoms with Crippen LogP contribution in [-0.2, 0) is 0 Å². The molecule has 100 valence electrons. The number of thiophene rings is 1. The van der Waals surface area contributed by atoms with Crippen molar-refractivity contribution in [2.45, 2.75) is 44.6 Å². The minimum Gasteiger partial charge on any atom is -0.388 e. The highest BCUT2D eigenvalue weighted by Gasteiger charge is 2.29. The van der Waals surface area contributed by atoms with Crippen molar-refractivity contribution in [2.24, 2.45) is 0 Å². The van der Waals surface area contributed by atoms with Gasteiger partial charge in [-0.1, -0.05) is 19.3 Å². The lowest BCUT2D eigenvalue weighted by molar-refractivity contribution is 0.00755. The van der Waals surface area contributed by atoms with Crippen LogP contribution >= 0.6 is 11.3 Å². The predicted molar refractivity (Wildman–Crippen MR) is 74.1 cm³/mol. The molecule has 2 rings (SSSR count). The third kappa shape index (κ3) is 3.71. The lowest BCUT2D eigenvalue weighted by Crippen LogP contribution is -2.45. The summed E-state index contributed by atoms with van der Waals surface area (Å²) in [5.41, 5.74) is -0.707. The van der Waals surface area contributed by atoms with Crippen LogP contribution in [0.3, 0.4) is 0 Å². The molecule has 5 heteroatoms. The fourth-order valence-electron chi connectivity index (χ4n) is 2.29. The number of urea groups is 1. The normalized spacial score (nSPS) is 18.3. The van der Waals surface area contributed by atoms with E-state index < -0.39 is 5.60 Å². The van der Waals surface area contributed by atoms with E-state index >= 15 is 0 Å². The summed E-state index contributed by atoms with van der Waals surface area (Å²) >= 11 is 1.54. The van der Waals surface area contributed by atoms with Gasteiger partial charge in [0.05, 0.1) is 10.6 Å². The van der Waals surface area contributed by atoms with Crippen molar-refractivity contribution in [1.29, 1.82) is 0 Å². The van der Waals surface area contributed by atoms with E-state index in [4.69, 9.17) is 0 Å². The first kappa shape index (κ1) is 13.4. The van der Waals surface area contributed by atoms with Gasteiger partial charge in [-0.2, -0.15) is 0 Å². The minimum atomic E-state index is -0.707. The summed E-state index contributed by atoms with van der Waals surface area (Å²) in [5.74, 6) is 0. The Kier molecular flexibility index (Phi) is 4.24. The molecule has 0 radical (unpaired) electrons. The molecule has 0 bridgehead atoms. The summed E-state index contributed by atoms with van der Waals surface area (Å²) < 4.78 is 0. The van der Waals surface area contributed by atoms with E-state index in [9.17, 15) is 9.90 Å². The van der Waals surface area contributed by atoms with Gasteiger partial charge in [-0.25, -0.2) is 4.79 Å². The second kappa shape index (κ2) is 5.71. The first-order valence-corrected chi connectivity index (χ1v) is 7.23. The number of carbonyl (C=O) groups excluding carboxylic acids is 1. The van der Waals surface area contributed by atoms with Crippen molar-refractivity contribution in [3.8, 4) is 0 Å². The molecule has 1 saturated carbocycles. The van der Waals surface area contributed by atoms with Gasteiger partial charge in [-0.15, -0.1) is 11.3 Å². The minimum absolute atomic E-state index is 0.240. The molecule has 0 unspecified atom stereocenters. The quantitative estimate of drug-likeness (QED) is 0.789. The molecule has 4 nitrogen and oxygen atoms in total. The van der Waals surface area contributed by atoms with E-state index in [-0.39, 0.29) is 6.03 Å². The van der Waals surface area contributed by atoms with Crippen molar-refractivity contribution in [2.75, 3.05) is 11.9 Å². The number of anilines is 1. The summed E-state index contributed by atoms with van der Waals surface area (Å²) in [6.07, 6.45) is 4.84. The fraction of sp³-hybridized carbons (Fsp3) is 0.615. The first-order chi connectivity index (χ1) is 8.57. The highest BCUT2D eigenvalue weighted by molar-refractivity contribution is 7.16. The van der Waals surface area contributed by atoms with E-state index in [1.165, 1.54) is 6.42 Å². The molecule has 0 aliphatic heterocycles. The van der Waals surface area contributed by atoms with Crippen molar-refractivity contribution in [1.82, 2.24) is 5.32 Å². The fourth-order valence-corrected chi connectivity index (χ4v) is 3.05. The maximum Gasteiger partial charge on any atom is 0.319 e. The molecule has 0 saturated heterocycles. The van der Waals surface area contributed by atoms with E-state index in [0.717, 1.165) is 35.6 Å². The zero-order chi connectivity index (χ0) is 13.0. The van der Waals surface area contributed by atoms with Crippen molar-refractivity contribution in [3.63, 3.8) is 0 Å². The van der Waals surface area contributed by atoms with E-state index in [2.05, 4.69) is 10.6 Å². The number of hydrogen-bond acceptors (Lipinski definition) is 3. The number of aliphatic hydroxyl groups is 1. The van der Waals surface area contributed by atoms with Crippen LogP contribution < -0.4 is 10.6 Å². The molecule has 1 aliphatic rings. The SMILES string of the molecule is Cc1ccc(NC(=O)NCC2(O)CCCCC2)s1. The molecule has 1 heterocycles. The molecular formula is C13H20N2O2S. The van der Waals surface area contributed by atoms with Crippen LogP contribution in [0.5, 0.6) is 0 Å². The van der Waals surface area contributed by atoms with E-state index in [1.807, 2.05) is 19.1 Å². The summed E-state index contributed by atoms with van der Waals surface area (Å²) in [6, 6.07) is 3.61. The Bertz CT molecular complexity index is 411. The number of rotatable bonds is 3. The van der Waals surface area contributed by atoms with Crippen LogP contribution in [-0.4, -0.2) is 23.3 Å². The second-order valence-corrected chi connectivity index (χ2v) is 6.29. The summed E-state index contributed by atoms with van der Waals surface area (Å²) in [7, 11) is 0. The highest BCUT2D eigenvalue weighted by atomic mass is 32.1. The van der Waals surface area contributed by atoms with Crippen molar-refractivity contribution in [3.05, 3.63) is 17.0 Å². The average molecular weight is 268 g/mol. The van der Waals surface area contributed by atoms with Gasteiger partial charge >= 0.3 is 6.03 Å². The third-order valence-corrected chi connectivity index (χ3v) is 4.26. The van der Waals surface area contributed by atoms with E-state index in [1.54, 1.807) is 11.3 Å². The summed E-state index contributed by atoms with van der Waals surface area (Å²) in [4.78, 5) is 12.8. The lowest BCUT2D eigenvalue weighted by atomic mass is 9.85. The molecule has 2 amide bonds. The predicted octanol–water partition coefficient (Wildman–Crippen LogP) is 2.87. The smallest absolute Gasteiger partial charge is 0.319 e. The Morgan fingerprint density at radius 1 is 1.39 bits per heavy atom. The Balaban J connectivity index is 1.77. The maximum absolute atomic E-state index is 11.7. The topological polar surface area (TPSA) is 61.4 Å². The number of hydrogen-bond donors (Lipinski definition) is 3. The van der Waals surface area contributed by atoms with Gasteiger partial charge in [0.2, 0.25) is 0 Å². The molecule has 1 aromatic rings. The van der Waals surface area contributed by atoms with Crippen LogP contribution in [0, 0.1) is 6.92 Å². The van der Waals surface area contributed by atoms with Gasteiger partial charge in [-0.3, -0.25) is 5.32 Å². The Labute approximate surface area is 111 Å². The monoisotopic (exact) mass is 268 g/mol. The van der Waals surface area contributed by atoms with Crippen LogP contribution in [0.25, 0.3) is 0 Å². The summed E-state index contributed by atoms with van der Waals surface area (Å²) in [6.45, 7) is 2.34. The number of nitrogens with one attached hydrogen (secondary N) is 2. The molecule has 18 heavy (non-hydrogen) atoms. The third-order valence-electron chi connectivity index (χ3n) is 3.34. The summed E-state index contributed by atoms with van der Waals surface area (Å²) in [5, 5.41) is 16.6. The Morgan fingerprint density at radius 3 is 2.72 bits per heavy atom. The zero-order valence-electron chi connectivity index (χ0n) is 10.7. The molecule has 0 aromatic carbocycles. The zero-order valence-corrected chi connectivity index (χ0v) is 11.5. The van der Waals surface area contributed by atoms with Gasteiger partial charge in [-0.05, 0) is 31.9 Å². The van der Waals surface area contributed by atoms with Gasteiger partial charge in [0.15, 0.2) is 0 Å².